The number of alkyl halides is 3. The molecule has 0 aromatic heterocycles. The Labute approximate surface area is 110 Å². The lowest BCUT2D eigenvalue weighted by Crippen LogP contribution is -2.30. The summed E-state index contributed by atoms with van der Waals surface area (Å²) < 4.78 is 37.4. The van der Waals surface area contributed by atoms with E-state index in [-0.39, 0.29) is 5.78 Å². The summed E-state index contributed by atoms with van der Waals surface area (Å²) in [6.07, 6.45) is 0.470. The summed E-state index contributed by atoms with van der Waals surface area (Å²) in [4.78, 5) is 12.4. The maximum absolute atomic E-state index is 12.5. The largest absolute Gasteiger partial charge is 0.416 e. The molecular formula is C15H17F3O. The lowest BCUT2D eigenvalue weighted by molar-refractivity contribution is -0.137. The number of halogens is 3. The molecule has 1 aliphatic rings. The molecule has 1 aliphatic carbocycles. The fraction of sp³-hybridized carbons (Fsp3) is 0.533. The van der Waals surface area contributed by atoms with Crippen LogP contribution in [0.15, 0.2) is 24.3 Å². The Morgan fingerprint density at radius 3 is 2.05 bits per heavy atom. The first-order chi connectivity index (χ1) is 8.83. The van der Waals surface area contributed by atoms with Gasteiger partial charge in [-0.05, 0) is 25.0 Å². The zero-order valence-electron chi connectivity index (χ0n) is 10.9. The van der Waals surface area contributed by atoms with Crippen molar-refractivity contribution in [3.63, 3.8) is 0 Å². The van der Waals surface area contributed by atoms with Crippen LogP contribution in [0, 0.1) is 5.41 Å². The third-order valence-corrected chi connectivity index (χ3v) is 3.98. The van der Waals surface area contributed by atoms with E-state index in [1.165, 1.54) is 12.1 Å². The van der Waals surface area contributed by atoms with Gasteiger partial charge in [-0.15, -0.1) is 0 Å². The maximum atomic E-state index is 12.5. The van der Waals surface area contributed by atoms with E-state index in [4.69, 9.17) is 0 Å². The average molecular weight is 270 g/mol. The maximum Gasteiger partial charge on any atom is 0.416 e. The van der Waals surface area contributed by atoms with Crippen molar-refractivity contribution in [1.82, 2.24) is 0 Å². The first kappa shape index (κ1) is 14.1. The van der Waals surface area contributed by atoms with Crippen LogP contribution >= 0.6 is 0 Å². The van der Waals surface area contributed by atoms with Gasteiger partial charge in [0.1, 0.15) is 0 Å². The van der Waals surface area contributed by atoms with Crippen molar-refractivity contribution < 1.29 is 18.0 Å². The number of rotatable bonds is 2. The van der Waals surface area contributed by atoms with Crippen molar-refractivity contribution in [3.8, 4) is 0 Å². The standard InChI is InChI=1S/C15H17F3O/c1-14(9-3-2-4-10-14)13(19)11-5-7-12(8-6-11)15(16,17)18/h5-8H,2-4,9-10H2,1H3. The molecule has 1 nitrogen and oxygen atoms in total. The zero-order chi connectivity index (χ0) is 14.1. The Morgan fingerprint density at radius 1 is 1.05 bits per heavy atom. The van der Waals surface area contributed by atoms with E-state index in [0.29, 0.717) is 5.56 Å². The first-order valence-electron chi connectivity index (χ1n) is 6.55. The van der Waals surface area contributed by atoms with Gasteiger partial charge in [-0.1, -0.05) is 38.3 Å². The first-order valence-corrected chi connectivity index (χ1v) is 6.55. The quantitative estimate of drug-likeness (QED) is 0.701. The van der Waals surface area contributed by atoms with Crippen LogP contribution in [0.25, 0.3) is 0 Å². The number of Topliss-reactive ketones (excluding diaryl/α,β-unsaturated/α-hetero) is 1. The van der Waals surface area contributed by atoms with Gasteiger partial charge >= 0.3 is 6.18 Å². The van der Waals surface area contributed by atoms with Crippen molar-refractivity contribution in [2.24, 2.45) is 5.41 Å². The van der Waals surface area contributed by atoms with Crippen molar-refractivity contribution in [2.75, 3.05) is 0 Å². The molecule has 2 rings (SSSR count). The molecule has 0 spiro atoms. The predicted molar refractivity (Wildman–Crippen MR) is 67.0 cm³/mol. The Kier molecular flexibility index (Phi) is 3.70. The SMILES string of the molecule is CC1(C(=O)c2ccc(C(F)(F)F)cc2)CCCCC1. The van der Waals surface area contributed by atoms with E-state index >= 15 is 0 Å². The van der Waals surface area contributed by atoms with Crippen LogP contribution in [0.4, 0.5) is 13.2 Å². The van der Waals surface area contributed by atoms with Gasteiger partial charge in [-0.25, -0.2) is 0 Å². The average Bonchev–Trinajstić information content (AvgIpc) is 2.38. The van der Waals surface area contributed by atoms with Gasteiger partial charge in [0.05, 0.1) is 5.56 Å². The van der Waals surface area contributed by atoms with Gasteiger partial charge in [0.15, 0.2) is 5.78 Å². The summed E-state index contributed by atoms with van der Waals surface area (Å²) in [7, 11) is 0. The highest BCUT2D eigenvalue weighted by Gasteiger charge is 2.36. The number of hydrogen-bond donors (Lipinski definition) is 0. The smallest absolute Gasteiger partial charge is 0.294 e. The summed E-state index contributed by atoms with van der Waals surface area (Å²) in [6, 6.07) is 4.56. The molecule has 0 saturated heterocycles. The molecule has 4 heteroatoms. The Bertz CT molecular complexity index is 453. The minimum Gasteiger partial charge on any atom is -0.294 e. The second kappa shape index (κ2) is 4.99. The van der Waals surface area contributed by atoms with Crippen LogP contribution in [-0.2, 0) is 6.18 Å². The molecule has 19 heavy (non-hydrogen) atoms. The van der Waals surface area contributed by atoms with Gasteiger partial charge < -0.3 is 0 Å². The zero-order valence-corrected chi connectivity index (χ0v) is 10.9. The molecular weight excluding hydrogens is 253 g/mol. The molecule has 0 bridgehead atoms. The van der Waals surface area contributed by atoms with Crippen molar-refractivity contribution in [3.05, 3.63) is 35.4 Å². The van der Waals surface area contributed by atoms with E-state index in [1.807, 2.05) is 6.92 Å². The Morgan fingerprint density at radius 2 is 1.58 bits per heavy atom. The third kappa shape index (κ3) is 2.99. The lowest BCUT2D eigenvalue weighted by Gasteiger charge is -2.32. The number of ketones is 1. The van der Waals surface area contributed by atoms with Crippen molar-refractivity contribution in [2.45, 2.75) is 45.2 Å². The minimum atomic E-state index is -4.35. The number of benzene rings is 1. The van der Waals surface area contributed by atoms with Gasteiger partial charge in [-0.2, -0.15) is 13.2 Å². The fourth-order valence-corrected chi connectivity index (χ4v) is 2.72. The van der Waals surface area contributed by atoms with E-state index in [1.54, 1.807) is 0 Å². The molecule has 0 amide bonds. The van der Waals surface area contributed by atoms with Crippen LogP contribution in [0.2, 0.25) is 0 Å². The third-order valence-electron chi connectivity index (χ3n) is 3.98. The van der Waals surface area contributed by atoms with Crippen LogP contribution < -0.4 is 0 Å². The van der Waals surface area contributed by atoms with Crippen molar-refractivity contribution >= 4 is 5.78 Å². The monoisotopic (exact) mass is 270 g/mol. The van der Waals surface area contributed by atoms with Gasteiger partial charge in [0.25, 0.3) is 0 Å². The van der Waals surface area contributed by atoms with Gasteiger partial charge in [0, 0.05) is 11.0 Å². The minimum absolute atomic E-state index is 0.0269. The molecule has 1 aromatic carbocycles. The highest BCUT2D eigenvalue weighted by atomic mass is 19.4. The second-order valence-corrected chi connectivity index (χ2v) is 5.53. The molecule has 1 fully saturated rings. The van der Waals surface area contributed by atoms with Crippen molar-refractivity contribution in [1.29, 1.82) is 0 Å². The normalized spacial score (nSPS) is 19.2. The molecule has 104 valence electrons. The fourth-order valence-electron chi connectivity index (χ4n) is 2.72. The molecule has 0 atom stereocenters. The molecule has 0 radical (unpaired) electrons. The highest BCUT2D eigenvalue weighted by molar-refractivity contribution is 6.00. The molecule has 0 heterocycles. The van der Waals surface area contributed by atoms with Crippen LogP contribution in [-0.4, -0.2) is 5.78 Å². The van der Waals surface area contributed by atoms with E-state index in [9.17, 15) is 18.0 Å². The topological polar surface area (TPSA) is 17.1 Å². The predicted octanol–water partition coefficient (Wildman–Crippen LogP) is 4.86. The Hall–Kier alpha value is -1.32. The number of carbonyl (C=O) groups excluding carboxylic acids is 1. The molecule has 1 aromatic rings. The van der Waals surface area contributed by atoms with Gasteiger partial charge in [0.2, 0.25) is 0 Å². The molecule has 0 aliphatic heterocycles. The summed E-state index contributed by atoms with van der Waals surface area (Å²) >= 11 is 0. The van der Waals surface area contributed by atoms with E-state index < -0.39 is 17.2 Å². The lowest BCUT2D eigenvalue weighted by atomic mass is 9.71. The van der Waals surface area contributed by atoms with E-state index in [2.05, 4.69) is 0 Å². The molecule has 0 unspecified atom stereocenters. The molecule has 1 saturated carbocycles. The summed E-state index contributed by atoms with van der Waals surface area (Å²) in [5, 5.41) is 0. The highest BCUT2D eigenvalue weighted by Crippen LogP contribution is 2.39. The van der Waals surface area contributed by atoms with Gasteiger partial charge in [-0.3, -0.25) is 4.79 Å². The summed E-state index contributed by atoms with van der Waals surface area (Å²) in [5.41, 5.74) is -0.729. The Balaban J connectivity index is 2.20. The van der Waals surface area contributed by atoms with Crippen LogP contribution in [0.5, 0.6) is 0 Å². The van der Waals surface area contributed by atoms with Crippen LogP contribution in [0.3, 0.4) is 0 Å². The molecule has 0 N–H and O–H groups in total. The number of carbonyl (C=O) groups is 1. The van der Waals surface area contributed by atoms with E-state index in [0.717, 1.165) is 44.2 Å². The number of hydrogen-bond acceptors (Lipinski definition) is 1. The van der Waals surface area contributed by atoms with Crippen LogP contribution in [0.1, 0.15) is 54.9 Å². The summed E-state index contributed by atoms with van der Waals surface area (Å²) in [6.45, 7) is 1.92. The summed E-state index contributed by atoms with van der Waals surface area (Å²) in [5.74, 6) is -0.0269. The second-order valence-electron chi connectivity index (χ2n) is 5.53.